The lowest BCUT2D eigenvalue weighted by Gasteiger charge is -2.39. The van der Waals surface area contributed by atoms with Crippen molar-refractivity contribution in [1.82, 2.24) is 15.0 Å². The molecule has 0 bridgehead atoms. The van der Waals surface area contributed by atoms with Crippen LogP contribution in [0.25, 0.3) is 0 Å². The minimum Gasteiger partial charge on any atom is -0.238 e. The molecular formula is C16H27F2N3. The molecule has 0 aromatic carbocycles. The molecule has 1 unspecified atom stereocenters. The van der Waals surface area contributed by atoms with Crippen LogP contribution in [0, 0.1) is 11.3 Å². The Balaban J connectivity index is 2.63. The molecule has 1 aliphatic carbocycles. The molecule has 0 saturated heterocycles. The van der Waals surface area contributed by atoms with Gasteiger partial charge in [0.25, 0.3) is 5.92 Å². The predicted molar refractivity (Wildman–Crippen MR) is 79.4 cm³/mol. The summed E-state index contributed by atoms with van der Waals surface area (Å²) in [5.74, 6) is -3.59. The summed E-state index contributed by atoms with van der Waals surface area (Å²) >= 11 is 0. The second-order valence-electron chi connectivity index (χ2n) is 8.25. The standard InChI is InChI=1S/C16H27F2N3/c1-14(2,3)12-10-8-7-9-11-13(16(12,17)18)21(20-19-11)15(4,5)6/h12H,7-10H2,1-6H3. The Morgan fingerprint density at radius 3 is 2.24 bits per heavy atom. The fourth-order valence-corrected chi connectivity index (χ4v) is 3.25. The summed E-state index contributed by atoms with van der Waals surface area (Å²) in [5.41, 5.74) is -0.435. The maximum absolute atomic E-state index is 15.3. The molecule has 0 fully saturated rings. The summed E-state index contributed by atoms with van der Waals surface area (Å²) in [6, 6.07) is 0. The Kier molecular flexibility index (Phi) is 3.92. The molecule has 1 aromatic heterocycles. The lowest BCUT2D eigenvalue weighted by molar-refractivity contribution is -0.119. The lowest BCUT2D eigenvalue weighted by atomic mass is 9.71. The van der Waals surface area contributed by atoms with Crippen molar-refractivity contribution >= 4 is 0 Å². The Morgan fingerprint density at radius 1 is 1.10 bits per heavy atom. The van der Waals surface area contributed by atoms with Crippen LogP contribution in [0.1, 0.15) is 72.2 Å². The number of alkyl halides is 2. The monoisotopic (exact) mass is 299 g/mol. The first-order valence-electron chi connectivity index (χ1n) is 7.79. The van der Waals surface area contributed by atoms with Crippen molar-refractivity contribution in [2.24, 2.45) is 11.3 Å². The molecule has 0 amide bonds. The van der Waals surface area contributed by atoms with E-state index in [1.54, 1.807) is 0 Å². The molecule has 1 heterocycles. The van der Waals surface area contributed by atoms with Crippen molar-refractivity contribution in [3.8, 4) is 0 Å². The molecule has 1 aliphatic rings. The molecule has 0 radical (unpaired) electrons. The van der Waals surface area contributed by atoms with Crippen molar-refractivity contribution in [2.75, 3.05) is 0 Å². The van der Waals surface area contributed by atoms with Crippen LogP contribution in [0.15, 0.2) is 0 Å². The summed E-state index contributed by atoms with van der Waals surface area (Å²) in [6.07, 6.45) is 2.86. The van der Waals surface area contributed by atoms with Crippen LogP contribution in [0.3, 0.4) is 0 Å². The van der Waals surface area contributed by atoms with E-state index in [4.69, 9.17) is 0 Å². The summed E-state index contributed by atoms with van der Waals surface area (Å²) < 4.78 is 32.1. The summed E-state index contributed by atoms with van der Waals surface area (Å²) in [4.78, 5) is 0. The molecule has 1 atom stereocenters. The van der Waals surface area contributed by atoms with Gasteiger partial charge in [-0.2, -0.15) is 8.78 Å². The zero-order valence-electron chi connectivity index (χ0n) is 14.0. The summed E-state index contributed by atoms with van der Waals surface area (Å²) in [5, 5.41) is 8.12. The number of rotatable bonds is 0. The molecule has 1 aromatic rings. The van der Waals surface area contributed by atoms with Crippen molar-refractivity contribution in [3.05, 3.63) is 11.4 Å². The third-order valence-corrected chi connectivity index (χ3v) is 4.33. The van der Waals surface area contributed by atoms with E-state index in [-0.39, 0.29) is 5.69 Å². The molecule has 21 heavy (non-hydrogen) atoms. The number of fused-ring (bicyclic) bond motifs is 1. The lowest BCUT2D eigenvalue weighted by Crippen LogP contribution is -2.41. The first-order valence-corrected chi connectivity index (χ1v) is 7.79. The first kappa shape index (κ1) is 16.4. The minimum atomic E-state index is -2.90. The van der Waals surface area contributed by atoms with E-state index in [0.717, 1.165) is 12.8 Å². The predicted octanol–water partition coefficient (Wildman–Crippen LogP) is 4.51. The zero-order chi connectivity index (χ0) is 16.1. The summed E-state index contributed by atoms with van der Waals surface area (Å²) in [7, 11) is 0. The molecule has 0 saturated carbocycles. The van der Waals surface area contributed by atoms with E-state index in [2.05, 4.69) is 10.3 Å². The van der Waals surface area contributed by atoms with Crippen LogP contribution >= 0.6 is 0 Å². The van der Waals surface area contributed by atoms with Crippen molar-refractivity contribution in [2.45, 2.75) is 78.7 Å². The summed E-state index contributed by atoms with van der Waals surface area (Å²) in [6.45, 7) is 11.4. The fraction of sp³-hybridized carbons (Fsp3) is 0.875. The van der Waals surface area contributed by atoms with Gasteiger partial charge in [-0.05, 0) is 45.4 Å². The Hall–Kier alpha value is -1.00. The van der Waals surface area contributed by atoms with Crippen molar-refractivity contribution in [3.63, 3.8) is 0 Å². The van der Waals surface area contributed by atoms with Gasteiger partial charge in [0.1, 0.15) is 5.69 Å². The van der Waals surface area contributed by atoms with Gasteiger partial charge in [0.15, 0.2) is 0 Å². The molecular weight excluding hydrogens is 272 g/mol. The van der Waals surface area contributed by atoms with E-state index in [1.165, 1.54) is 4.68 Å². The van der Waals surface area contributed by atoms with Gasteiger partial charge >= 0.3 is 0 Å². The maximum Gasteiger partial charge on any atom is 0.294 e. The third kappa shape index (κ3) is 2.97. The highest BCUT2D eigenvalue weighted by molar-refractivity contribution is 5.21. The highest BCUT2D eigenvalue weighted by Crippen LogP contribution is 2.50. The smallest absolute Gasteiger partial charge is 0.238 e. The van der Waals surface area contributed by atoms with Gasteiger partial charge < -0.3 is 0 Å². The van der Waals surface area contributed by atoms with Crippen LogP contribution in [-0.2, 0) is 17.9 Å². The van der Waals surface area contributed by atoms with Gasteiger partial charge in [0.05, 0.1) is 11.2 Å². The van der Waals surface area contributed by atoms with E-state index in [1.807, 2.05) is 41.5 Å². The van der Waals surface area contributed by atoms with Crippen molar-refractivity contribution in [1.29, 1.82) is 0 Å². The van der Waals surface area contributed by atoms with Gasteiger partial charge in [0.2, 0.25) is 0 Å². The second-order valence-corrected chi connectivity index (χ2v) is 8.25. The minimum absolute atomic E-state index is 0.0367. The maximum atomic E-state index is 15.3. The van der Waals surface area contributed by atoms with Crippen LogP contribution < -0.4 is 0 Å². The topological polar surface area (TPSA) is 30.7 Å². The van der Waals surface area contributed by atoms with E-state index >= 15 is 8.78 Å². The van der Waals surface area contributed by atoms with Gasteiger partial charge in [-0.1, -0.05) is 32.4 Å². The highest BCUT2D eigenvalue weighted by atomic mass is 19.3. The molecule has 5 heteroatoms. The van der Waals surface area contributed by atoms with Crippen LogP contribution in [0.5, 0.6) is 0 Å². The number of aromatic nitrogens is 3. The number of hydrogen-bond donors (Lipinski definition) is 0. The van der Waals surface area contributed by atoms with Crippen LogP contribution in [-0.4, -0.2) is 15.0 Å². The second kappa shape index (κ2) is 5.03. The molecule has 0 N–H and O–H groups in total. The molecule has 0 spiro atoms. The molecule has 2 rings (SSSR count). The number of halogens is 2. The SMILES string of the molecule is CC(C)(C)C1CCCCc2nnn(C(C)(C)C)c2C1(F)F. The normalized spacial score (nSPS) is 23.3. The number of aryl methyl sites for hydroxylation is 1. The average molecular weight is 299 g/mol. The fourth-order valence-electron chi connectivity index (χ4n) is 3.25. The van der Waals surface area contributed by atoms with Gasteiger partial charge in [-0.15, -0.1) is 5.10 Å². The molecule has 0 aliphatic heterocycles. The zero-order valence-corrected chi connectivity index (χ0v) is 14.0. The van der Waals surface area contributed by atoms with E-state index in [0.29, 0.717) is 18.5 Å². The first-order chi connectivity index (χ1) is 9.45. The Labute approximate surface area is 126 Å². The number of nitrogens with zero attached hydrogens (tertiary/aromatic N) is 3. The molecule has 3 nitrogen and oxygen atoms in total. The quantitative estimate of drug-likeness (QED) is 0.705. The largest absolute Gasteiger partial charge is 0.294 e. The van der Waals surface area contributed by atoms with Gasteiger partial charge in [-0.25, -0.2) is 4.68 Å². The van der Waals surface area contributed by atoms with Crippen LogP contribution in [0.4, 0.5) is 8.78 Å². The van der Waals surface area contributed by atoms with Gasteiger partial charge in [-0.3, -0.25) is 0 Å². The van der Waals surface area contributed by atoms with E-state index < -0.39 is 22.8 Å². The van der Waals surface area contributed by atoms with E-state index in [9.17, 15) is 0 Å². The third-order valence-electron chi connectivity index (χ3n) is 4.33. The Bertz CT molecular complexity index is 507. The van der Waals surface area contributed by atoms with Crippen molar-refractivity contribution < 1.29 is 8.78 Å². The van der Waals surface area contributed by atoms with Gasteiger partial charge in [0, 0.05) is 5.92 Å². The highest BCUT2D eigenvalue weighted by Gasteiger charge is 2.52. The number of hydrogen-bond acceptors (Lipinski definition) is 2. The van der Waals surface area contributed by atoms with Crippen LogP contribution in [0.2, 0.25) is 0 Å². The average Bonchev–Trinajstić information content (AvgIpc) is 2.68. The Morgan fingerprint density at radius 2 is 1.71 bits per heavy atom. The molecule has 120 valence electrons.